The molecule has 2 amide bonds. The van der Waals surface area contributed by atoms with Crippen molar-refractivity contribution in [3.63, 3.8) is 0 Å². The van der Waals surface area contributed by atoms with Crippen molar-refractivity contribution in [3.8, 4) is 0 Å². The van der Waals surface area contributed by atoms with E-state index in [-0.39, 0.29) is 30.6 Å². The third kappa shape index (κ3) is 4.72. The highest BCUT2D eigenvalue weighted by molar-refractivity contribution is 5.89. The molecule has 188 valence electrons. The maximum absolute atomic E-state index is 15.2. The summed E-state index contributed by atoms with van der Waals surface area (Å²) in [5, 5.41) is 12.9. The second kappa shape index (κ2) is 9.40. The van der Waals surface area contributed by atoms with Gasteiger partial charge in [-0.2, -0.15) is 15.4 Å². The van der Waals surface area contributed by atoms with Crippen LogP contribution in [0.15, 0.2) is 42.7 Å². The van der Waals surface area contributed by atoms with Gasteiger partial charge in [-0.25, -0.2) is 8.78 Å². The molecule has 1 saturated carbocycles. The lowest BCUT2D eigenvalue weighted by Crippen LogP contribution is -2.47. The fourth-order valence-corrected chi connectivity index (χ4v) is 4.91. The molecule has 1 aromatic carbocycles. The smallest absolute Gasteiger partial charge is 0.243 e. The SMILES string of the molecule is Cc1ncccc1C(NC(=O)[C@@H]1C[C@@H](F)CN1C(=O)Cc1cn[nH]n1)c1ccc(C2(C)CC2)c(F)c1. The van der Waals surface area contributed by atoms with Crippen molar-refractivity contribution in [3.05, 3.63) is 76.6 Å². The average molecular weight is 495 g/mol. The molecule has 10 heteroatoms. The number of carbonyl (C=O) groups excluding carboxylic acids is 2. The fourth-order valence-electron chi connectivity index (χ4n) is 4.91. The van der Waals surface area contributed by atoms with Crippen molar-refractivity contribution in [2.75, 3.05) is 6.54 Å². The van der Waals surface area contributed by atoms with Gasteiger partial charge < -0.3 is 10.2 Å². The number of nitrogens with zero attached hydrogens (tertiary/aromatic N) is 4. The summed E-state index contributed by atoms with van der Waals surface area (Å²) in [5.41, 5.74) is 2.86. The Labute approximate surface area is 207 Å². The van der Waals surface area contributed by atoms with Crippen molar-refractivity contribution in [1.82, 2.24) is 30.6 Å². The van der Waals surface area contributed by atoms with Crippen LogP contribution in [0.25, 0.3) is 0 Å². The Morgan fingerprint density at radius 2 is 2.11 bits per heavy atom. The molecule has 3 heterocycles. The quantitative estimate of drug-likeness (QED) is 0.525. The van der Waals surface area contributed by atoms with Gasteiger partial charge in [-0.1, -0.05) is 25.1 Å². The van der Waals surface area contributed by atoms with Crippen LogP contribution < -0.4 is 5.32 Å². The van der Waals surface area contributed by atoms with Crippen LogP contribution in [0.5, 0.6) is 0 Å². The van der Waals surface area contributed by atoms with Crippen molar-refractivity contribution in [2.24, 2.45) is 0 Å². The van der Waals surface area contributed by atoms with Crippen molar-refractivity contribution >= 4 is 11.8 Å². The average Bonchev–Trinajstić information content (AvgIpc) is 3.20. The van der Waals surface area contributed by atoms with E-state index in [1.807, 2.05) is 26.0 Å². The summed E-state index contributed by atoms with van der Waals surface area (Å²) >= 11 is 0. The monoisotopic (exact) mass is 494 g/mol. The Hall–Kier alpha value is -3.69. The lowest BCUT2D eigenvalue weighted by molar-refractivity contribution is -0.138. The maximum Gasteiger partial charge on any atom is 0.243 e. The highest BCUT2D eigenvalue weighted by Crippen LogP contribution is 2.48. The van der Waals surface area contributed by atoms with Gasteiger partial charge in [-0.3, -0.25) is 14.6 Å². The molecule has 2 N–H and O–H groups in total. The highest BCUT2D eigenvalue weighted by Gasteiger charge is 2.42. The highest BCUT2D eigenvalue weighted by atomic mass is 19.1. The number of pyridine rings is 1. The maximum atomic E-state index is 15.2. The number of likely N-dealkylation sites (tertiary alicyclic amines) is 1. The standard InChI is InChI=1S/C26H28F2N6O2/c1-15-19(4-3-9-29-15)24(16-5-6-20(21(28)10-16)26(2)7-8-26)31-25(36)22-11-17(27)14-34(22)23(35)12-18-13-30-33-32-18/h3-6,9-10,13,17,22,24H,7-8,11-12,14H2,1-2H3,(H,31,36)(H,30,32,33)/t17-,22+,24?/m1/s1. The van der Waals surface area contributed by atoms with E-state index in [1.165, 1.54) is 17.2 Å². The molecule has 3 atom stereocenters. The molecule has 5 rings (SSSR count). The summed E-state index contributed by atoms with van der Waals surface area (Å²) in [6.45, 7) is 3.67. The molecule has 1 saturated heterocycles. The Morgan fingerprint density at radius 1 is 1.31 bits per heavy atom. The predicted octanol–water partition coefficient (Wildman–Crippen LogP) is 3.09. The molecule has 36 heavy (non-hydrogen) atoms. The normalized spacial score (nSPS) is 21.3. The van der Waals surface area contributed by atoms with Gasteiger partial charge in [0.1, 0.15) is 18.0 Å². The first kappa shape index (κ1) is 24.0. The molecule has 1 aliphatic carbocycles. The number of nitrogens with one attached hydrogen (secondary N) is 2. The first-order valence-electron chi connectivity index (χ1n) is 12.1. The van der Waals surface area contributed by atoms with E-state index < -0.39 is 30.1 Å². The Morgan fingerprint density at radius 3 is 2.78 bits per heavy atom. The molecule has 0 radical (unpaired) electrons. The molecule has 0 bridgehead atoms. The summed E-state index contributed by atoms with van der Waals surface area (Å²) in [6.07, 6.45) is 3.41. The number of aromatic nitrogens is 4. The van der Waals surface area contributed by atoms with Gasteiger partial charge in [-0.15, -0.1) is 0 Å². The van der Waals surface area contributed by atoms with Crippen LogP contribution in [-0.4, -0.2) is 55.9 Å². The lowest BCUT2D eigenvalue weighted by Gasteiger charge is -2.27. The van der Waals surface area contributed by atoms with Crippen LogP contribution in [-0.2, 0) is 21.4 Å². The number of carbonyl (C=O) groups is 2. The van der Waals surface area contributed by atoms with Crippen LogP contribution in [0.1, 0.15) is 60.3 Å². The number of aryl methyl sites for hydroxylation is 1. The molecule has 2 fully saturated rings. The first-order chi connectivity index (χ1) is 17.2. The molecule has 0 spiro atoms. The van der Waals surface area contributed by atoms with E-state index in [1.54, 1.807) is 18.3 Å². The van der Waals surface area contributed by atoms with Crippen molar-refractivity contribution in [2.45, 2.75) is 63.2 Å². The predicted molar refractivity (Wildman–Crippen MR) is 127 cm³/mol. The van der Waals surface area contributed by atoms with Gasteiger partial charge in [-0.05, 0) is 48.4 Å². The van der Waals surface area contributed by atoms with Gasteiger partial charge in [0.2, 0.25) is 11.8 Å². The zero-order valence-electron chi connectivity index (χ0n) is 20.2. The fraction of sp³-hybridized carbons (Fsp3) is 0.423. The first-order valence-corrected chi connectivity index (χ1v) is 12.1. The second-order valence-corrected chi connectivity index (χ2v) is 9.95. The zero-order valence-corrected chi connectivity index (χ0v) is 20.2. The van der Waals surface area contributed by atoms with Gasteiger partial charge in [0.25, 0.3) is 0 Å². The molecule has 1 unspecified atom stereocenters. The molecule has 8 nitrogen and oxygen atoms in total. The molecule has 2 aliphatic rings. The number of alkyl halides is 1. The van der Waals surface area contributed by atoms with Crippen LogP contribution in [0.3, 0.4) is 0 Å². The van der Waals surface area contributed by atoms with E-state index >= 15 is 4.39 Å². The largest absolute Gasteiger partial charge is 0.343 e. The number of aromatic amines is 1. The summed E-state index contributed by atoms with van der Waals surface area (Å²) in [4.78, 5) is 31.9. The summed E-state index contributed by atoms with van der Waals surface area (Å²) in [5.74, 6) is -1.23. The number of H-pyrrole nitrogens is 1. The third-order valence-electron chi connectivity index (χ3n) is 7.29. The molecular weight excluding hydrogens is 466 g/mol. The van der Waals surface area contributed by atoms with E-state index in [0.29, 0.717) is 28.1 Å². The van der Waals surface area contributed by atoms with Crippen molar-refractivity contribution in [1.29, 1.82) is 0 Å². The van der Waals surface area contributed by atoms with Crippen molar-refractivity contribution < 1.29 is 18.4 Å². The van der Waals surface area contributed by atoms with E-state index in [0.717, 1.165) is 12.8 Å². The summed E-state index contributed by atoms with van der Waals surface area (Å²) < 4.78 is 29.6. The van der Waals surface area contributed by atoms with E-state index in [4.69, 9.17) is 0 Å². The van der Waals surface area contributed by atoms with Crippen LogP contribution >= 0.6 is 0 Å². The van der Waals surface area contributed by atoms with Crippen LogP contribution in [0.2, 0.25) is 0 Å². The Kier molecular flexibility index (Phi) is 6.27. The Bertz CT molecular complexity index is 1280. The molecule has 1 aliphatic heterocycles. The lowest BCUT2D eigenvalue weighted by atomic mass is 9.92. The zero-order chi connectivity index (χ0) is 25.4. The van der Waals surface area contributed by atoms with Crippen LogP contribution in [0, 0.1) is 12.7 Å². The molecule has 3 aromatic rings. The number of hydrogen-bond acceptors (Lipinski definition) is 5. The number of halogens is 2. The summed E-state index contributed by atoms with van der Waals surface area (Å²) in [6, 6.07) is 6.92. The minimum atomic E-state index is -1.32. The second-order valence-electron chi connectivity index (χ2n) is 9.95. The van der Waals surface area contributed by atoms with Crippen LogP contribution in [0.4, 0.5) is 8.78 Å². The van der Waals surface area contributed by atoms with E-state index in [9.17, 15) is 14.0 Å². The van der Waals surface area contributed by atoms with Gasteiger partial charge in [0, 0.05) is 23.9 Å². The minimum absolute atomic E-state index is 0.0937. The number of rotatable bonds is 7. The van der Waals surface area contributed by atoms with Gasteiger partial charge >= 0.3 is 0 Å². The third-order valence-corrected chi connectivity index (χ3v) is 7.29. The number of amides is 2. The number of hydrogen-bond donors (Lipinski definition) is 2. The number of benzene rings is 1. The summed E-state index contributed by atoms with van der Waals surface area (Å²) in [7, 11) is 0. The van der Waals surface area contributed by atoms with E-state index in [2.05, 4.69) is 25.7 Å². The molecular formula is C26H28F2N6O2. The Balaban J connectivity index is 1.42. The topological polar surface area (TPSA) is 104 Å². The molecule has 2 aromatic heterocycles. The van der Waals surface area contributed by atoms with Gasteiger partial charge in [0.15, 0.2) is 0 Å². The minimum Gasteiger partial charge on any atom is -0.343 e. The van der Waals surface area contributed by atoms with Gasteiger partial charge in [0.05, 0.1) is 30.9 Å².